The Morgan fingerprint density at radius 3 is 3.06 bits per heavy atom. The van der Waals surface area contributed by atoms with Crippen LogP contribution < -0.4 is 5.73 Å². The van der Waals surface area contributed by atoms with E-state index in [1.807, 2.05) is 6.92 Å². The lowest BCUT2D eigenvalue weighted by molar-refractivity contribution is -0.136. The van der Waals surface area contributed by atoms with Gasteiger partial charge in [-0.15, -0.1) is 0 Å². The second-order valence-corrected chi connectivity index (χ2v) is 4.71. The van der Waals surface area contributed by atoms with Gasteiger partial charge < -0.3 is 15.3 Å². The Kier molecular flexibility index (Phi) is 3.23. The summed E-state index contributed by atoms with van der Waals surface area (Å²) in [6, 6.07) is 5.14. The van der Waals surface area contributed by atoms with Crippen molar-refractivity contribution in [2.24, 2.45) is 0 Å². The first kappa shape index (κ1) is 11.8. The summed E-state index contributed by atoms with van der Waals surface area (Å²) in [5, 5.41) is 8.76. The van der Waals surface area contributed by atoms with E-state index in [1.165, 1.54) is 0 Å². The Morgan fingerprint density at radius 2 is 2.41 bits per heavy atom. The molecular formula is C11H12N2O3S. The highest BCUT2D eigenvalue weighted by Gasteiger charge is 2.19. The van der Waals surface area contributed by atoms with E-state index in [0.29, 0.717) is 28.4 Å². The number of hydrogen-bond acceptors (Lipinski definition) is 5. The van der Waals surface area contributed by atoms with Crippen molar-refractivity contribution >= 4 is 34.5 Å². The number of aliphatic carboxylic acids is 1. The van der Waals surface area contributed by atoms with Crippen molar-refractivity contribution in [3.63, 3.8) is 0 Å². The largest absolute Gasteiger partial charge is 0.480 e. The summed E-state index contributed by atoms with van der Waals surface area (Å²) in [5.74, 6) is -0.862. The third kappa shape index (κ3) is 2.52. The molecule has 90 valence electrons. The molecule has 5 nitrogen and oxygen atoms in total. The Hall–Kier alpha value is -1.69. The van der Waals surface area contributed by atoms with Crippen LogP contribution in [0.3, 0.4) is 0 Å². The number of hydrogen-bond donors (Lipinski definition) is 2. The fraction of sp³-hybridized carbons (Fsp3) is 0.273. The highest BCUT2D eigenvalue weighted by atomic mass is 32.2. The number of thioether (sulfide) groups is 1. The molecule has 1 atom stereocenters. The SMILES string of the molecule is CCC(Sc1nc2cc(N)ccc2o1)C(=O)O. The smallest absolute Gasteiger partial charge is 0.317 e. The molecule has 2 aromatic rings. The summed E-state index contributed by atoms with van der Waals surface area (Å²) in [5.41, 5.74) is 7.49. The lowest BCUT2D eigenvalue weighted by Crippen LogP contribution is -2.14. The van der Waals surface area contributed by atoms with Crippen LogP contribution in [0.5, 0.6) is 0 Å². The number of carboxylic acid groups (broad SMARTS) is 1. The number of oxazole rings is 1. The second-order valence-electron chi connectivity index (χ2n) is 3.56. The lowest BCUT2D eigenvalue weighted by Gasteiger charge is -2.04. The number of rotatable bonds is 4. The van der Waals surface area contributed by atoms with Gasteiger partial charge in [-0.1, -0.05) is 18.7 Å². The van der Waals surface area contributed by atoms with Gasteiger partial charge >= 0.3 is 5.97 Å². The molecule has 0 amide bonds. The fourth-order valence-corrected chi connectivity index (χ4v) is 2.20. The minimum atomic E-state index is -0.862. The van der Waals surface area contributed by atoms with E-state index in [2.05, 4.69) is 4.98 Å². The zero-order valence-corrected chi connectivity index (χ0v) is 10.0. The van der Waals surface area contributed by atoms with Crippen molar-refractivity contribution < 1.29 is 14.3 Å². The molecule has 0 spiro atoms. The van der Waals surface area contributed by atoms with Crippen LogP contribution in [0.15, 0.2) is 27.8 Å². The zero-order valence-electron chi connectivity index (χ0n) is 9.21. The Bertz CT molecular complexity index is 553. The fourth-order valence-electron chi connectivity index (χ4n) is 1.40. The molecule has 6 heteroatoms. The van der Waals surface area contributed by atoms with E-state index >= 15 is 0 Å². The Labute approximate surface area is 102 Å². The number of carbonyl (C=O) groups is 1. The molecule has 3 N–H and O–H groups in total. The van der Waals surface area contributed by atoms with E-state index in [1.54, 1.807) is 18.2 Å². The van der Waals surface area contributed by atoms with Gasteiger partial charge in [0.05, 0.1) is 0 Å². The maximum Gasteiger partial charge on any atom is 0.317 e. The quantitative estimate of drug-likeness (QED) is 0.641. The molecule has 0 aliphatic heterocycles. The van der Waals surface area contributed by atoms with Gasteiger partial charge in [0.15, 0.2) is 5.58 Å². The van der Waals surface area contributed by atoms with Crippen molar-refractivity contribution in [2.75, 3.05) is 5.73 Å². The highest BCUT2D eigenvalue weighted by molar-refractivity contribution is 8.00. The Balaban J connectivity index is 2.27. The predicted octanol–water partition coefficient (Wildman–Crippen LogP) is 2.37. The van der Waals surface area contributed by atoms with Crippen molar-refractivity contribution in [1.29, 1.82) is 0 Å². The average molecular weight is 252 g/mol. The number of nitrogens with zero attached hydrogens (tertiary/aromatic N) is 1. The minimum absolute atomic E-state index is 0.361. The van der Waals surface area contributed by atoms with Crippen LogP contribution in [0.2, 0.25) is 0 Å². The molecule has 0 aliphatic rings. The average Bonchev–Trinajstić information content (AvgIpc) is 2.66. The first-order valence-electron chi connectivity index (χ1n) is 5.15. The van der Waals surface area contributed by atoms with Gasteiger partial charge in [-0.3, -0.25) is 4.79 Å². The number of anilines is 1. The van der Waals surface area contributed by atoms with Crippen LogP contribution in [0.4, 0.5) is 5.69 Å². The first-order chi connectivity index (χ1) is 8.10. The van der Waals surface area contributed by atoms with Gasteiger partial charge in [-0.05, 0) is 24.6 Å². The van der Waals surface area contributed by atoms with Gasteiger partial charge in [-0.25, -0.2) is 4.98 Å². The number of nitrogens with two attached hydrogens (primary N) is 1. The molecule has 2 rings (SSSR count). The molecule has 1 aromatic heterocycles. The van der Waals surface area contributed by atoms with E-state index in [-0.39, 0.29) is 0 Å². The molecule has 0 radical (unpaired) electrons. The highest BCUT2D eigenvalue weighted by Crippen LogP contribution is 2.29. The minimum Gasteiger partial charge on any atom is -0.480 e. The first-order valence-corrected chi connectivity index (χ1v) is 6.03. The van der Waals surface area contributed by atoms with Crippen LogP contribution in [-0.2, 0) is 4.79 Å². The third-order valence-corrected chi connectivity index (χ3v) is 3.48. The topological polar surface area (TPSA) is 89.4 Å². The zero-order chi connectivity index (χ0) is 12.4. The van der Waals surface area contributed by atoms with Crippen LogP contribution in [0, 0.1) is 0 Å². The van der Waals surface area contributed by atoms with E-state index < -0.39 is 11.2 Å². The Morgan fingerprint density at radius 1 is 1.65 bits per heavy atom. The number of benzene rings is 1. The van der Waals surface area contributed by atoms with Gasteiger partial charge in [0.1, 0.15) is 10.8 Å². The number of aromatic nitrogens is 1. The maximum atomic E-state index is 10.9. The summed E-state index contributed by atoms with van der Waals surface area (Å²) in [6.07, 6.45) is 0.515. The molecule has 1 aromatic carbocycles. The second kappa shape index (κ2) is 4.67. The molecular weight excluding hydrogens is 240 g/mol. The van der Waals surface area contributed by atoms with Crippen LogP contribution in [0.1, 0.15) is 13.3 Å². The van der Waals surface area contributed by atoms with Crippen LogP contribution in [0.25, 0.3) is 11.1 Å². The summed E-state index contributed by atoms with van der Waals surface area (Å²) in [7, 11) is 0. The van der Waals surface area contributed by atoms with Crippen molar-refractivity contribution in [1.82, 2.24) is 4.98 Å². The van der Waals surface area contributed by atoms with E-state index in [4.69, 9.17) is 15.3 Å². The van der Waals surface area contributed by atoms with Gasteiger partial charge in [0, 0.05) is 5.69 Å². The van der Waals surface area contributed by atoms with Crippen LogP contribution in [-0.4, -0.2) is 21.3 Å². The summed E-state index contributed by atoms with van der Waals surface area (Å²) >= 11 is 1.11. The van der Waals surface area contributed by atoms with Gasteiger partial charge in [0.25, 0.3) is 5.22 Å². The standard InChI is InChI=1S/C11H12N2O3S/c1-2-9(10(14)15)17-11-13-7-5-6(12)3-4-8(7)16-11/h3-5,9H,2,12H2,1H3,(H,14,15). The molecule has 17 heavy (non-hydrogen) atoms. The van der Waals surface area contributed by atoms with E-state index in [0.717, 1.165) is 11.8 Å². The van der Waals surface area contributed by atoms with Gasteiger partial charge in [0.2, 0.25) is 0 Å². The van der Waals surface area contributed by atoms with Crippen LogP contribution >= 0.6 is 11.8 Å². The number of nitrogen functional groups attached to an aromatic ring is 1. The van der Waals surface area contributed by atoms with E-state index in [9.17, 15) is 4.79 Å². The molecule has 0 bridgehead atoms. The summed E-state index contributed by atoms with van der Waals surface area (Å²) < 4.78 is 5.44. The normalized spacial score (nSPS) is 12.8. The maximum absolute atomic E-state index is 10.9. The molecule has 0 saturated carbocycles. The summed E-state index contributed by atoms with van der Waals surface area (Å²) in [4.78, 5) is 15.1. The molecule has 0 aliphatic carbocycles. The lowest BCUT2D eigenvalue weighted by atomic mass is 10.3. The monoisotopic (exact) mass is 252 g/mol. The third-order valence-electron chi connectivity index (χ3n) is 2.28. The molecule has 0 fully saturated rings. The number of fused-ring (bicyclic) bond motifs is 1. The molecule has 1 unspecified atom stereocenters. The molecule has 1 heterocycles. The number of carboxylic acids is 1. The summed E-state index contributed by atoms with van der Waals surface area (Å²) in [6.45, 7) is 1.81. The van der Waals surface area contributed by atoms with Crippen molar-refractivity contribution in [2.45, 2.75) is 23.8 Å². The molecule has 0 saturated heterocycles. The van der Waals surface area contributed by atoms with Crippen molar-refractivity contribution in [3.8, 4) is 0 Å². The van der Waals surface area contributed by atoms with Gasteiger partial charge in [-0.2, -0.15) is 0 Å². The predicted molar refractivity (Wildman–Crippen MR) is 66.0 cm³/mol. The van der Waals surface area contributed by atoms with Crippen molar-refractivity contribution in [3.05, 3.63) is 18.2 Å².